The number of halogens is 1. The molecule has 0 aliphatic heterocycles. The van der Waals surface area contributed by atoms with Crippen LogP contribution in [0.5, 0.6) is 0 Å². The van der Waals surface area contributed by atoms with E-state index in [1.54, 1.807) is 31.4 Å². The summed E-state index contributed by atoms with van der Waals surface area (Å²) < 4.78 is 13.9. The Hall–Kier alpha value is -3.74. The number of anilines is 1. The first-order valence-corrected chi connectivity index (χ1v) is 8.14. The predicted octanol–water partition coefficient (Wildman–Crippen LogP) is 3.62. The number of carboxylic acid groups (broad SMARTS) is 1. The van der Waals surface area contributed by atoms with Crippen molar-refractivity contribution in [1.82, 2.24) is 9.97 Å². The monoisotopic (exact) mass is 363 g/mol. The highest BCUT2D eigenvalue weighted by Gasteiger charge is 2.13. The molecule has 27 heavy (non-hydrogen) atoms. The lowest BCUT2D eigenvalue weighted by atomic mass is 10.0. The van der Waals surface area contributed by atoms with E-state index in [0.29, 0.717) is 33.4 Å². The standard InChI is InChI=1S/C20H14FN3O3/c1-22-16-8-13(21)7-14-17(16)24-19-15(18(14)25)6-12(9-23-19)10-3-2-4-11(5-10)20(26)27/h2-9,22H,1H3,(H,26,27)(H,23,24,25). The van der Waals surface area contributed by atoms with Crippen molar-refractivity contribution in [3.8, 4) is 11.1 Å². The highest BCUT2D eigenvalue weighted by Crippen LogP contribution is 2.26. The Morgan fingerprint density at radius 3 is 2.70 bits per heavy atom. The maximum Gasteiger partial charge on any atom is 0.335 e. The van der Waals surface area contributed by atoms with Crippen LogP contribution in [-0.4, -0.2) is 28.1 Å². The number of aromatic carboxylic acids is 1. The summed E-state index contributed by atoms with van der Waals surface area (Å²) in [6.07, 6.45) is 1.56. The fraction of sp³-hybridized carbons (Fsp3) is 0.0500. The number of hydrogen-bond donors (Lipinski definition) is 3. The van der Waals surface area contributed by atoms with Gasteiger partial charge in [0.15, 0.2) is 5.43 Å². The Bertz CT molecular complexity index is 1280. The van der Waals surface area contributed by atoms with E-state index in [2.05, 4.69) is 15.3 Å². The van der Waals surface area contributed by atoms with Crippen molar-refractivity contribution in [2.45, 2.75) is 0 Å². The Morgan fingerprint density at radius 1 is 1.15 bits per heavy atom. The lowest BCUT2D eigenvalue weighted by Crippen LogP contribution is -2.07. The smallest absolute Gasteiger partial charge is 0.335 e. The first-order chi connectivity index (χ1) is 13.0. The van der Waals surface area contributed by atoms with Crippen molar-refractivity contribution in [3.05, 3.63) is 70.3 Å². The predicted molar refractivity (Wildman–Crippen MR) is 102 cm³/mol. The zero-order valence-corrected chi connectivity index (χ0v) is 14.2. The summed E-state index contributed by atoms with van der Waals surface area (Å²) in [5.41, 5.74) is 2.32. The Labute approximate surface area is 152 Å². The second-order valence-electron chi connectivity index (χ2n) is 6.09. The van der Waals surface area contributed by atoms with Gasteiger partial charge >= 0.3 is 5.97 Å². The number of benzene rings is 2. The van der Waals surface area contributed by atoms with Gasteiger partial charge in [0.2, 0.25) is 0 Å². The first kappa shape index (κ1) is 16.7. The number of aromatic nitrogens is 2. The average Bonchev–Trinajstić information content (AvgIpc) is 2.68. The van der Waals surface area contributed by atoms with Crippen molar-refractivity contribution in [2.75, 3.05) is 12.4 Å². The average molecular weight is 363 g/mol. The molecule has 3 N–H and O–H groups in total. The Balaban J connectivity index is 1.99. The number of aromatic amines is 1. The molecule has 0 atom stereocenters. The van der Waals surface area contributed by atoms with Crippen LogP contribution in [-0.2, 0) is 0 Å². The third-order valence-electron chi connectivity index (χ3n) is 4.44. The Morgan fingerprint density at radius 2 is 1.96 bits per heavy atom. The molecule has 4 aromatic rings. The van der Waals surface area contributed by atoms with E-state index in [1.807, 2.05) is 0 Å². The van der Waals surface area contributed by atoms with Crippen molar-refractivity contribution in [1.29, 1.82) is 0 Å². The summed E-state index contributed by atoms with van der Waals surface area (Å²) in [6, 6.07) is 10.5. The van der Waals surface area contributed by atoms with Gasteiger partial charge in [-0.1, -0.05) is 12.1 Å². The summed E-state index contributed by atoms with van der Waals surface area (Å²) >= 11 is 0. The van der Waals surface area contributed by atoms with Crippen LogP contribution in [0.1, 0.15) is 10.4 Å². The van der Waals surface area contributed by atoms with E-state index in [0.717, 1.165) is 0 Å². The SMILES string of the molecule is CNc1cc(F)cc2c(=O)c3cc(-c4cccc(C(=O)O)c4)cnc3[nH]c12. The van der Waals surface area contributed by atoms with Gasteiger partial charge in [0.25, 0.3) is 0 Å². The van der Waals surface area contributed by atoms with Crippen LogP contribution in [0.4, 0.5) is 10.1 Å². The van der Waals surface area contributed by atoms with Crippen LogP contribution >= 0.6 is 0 Å². The van der Waals surface area contributed by atoms with Crippen molar-refractivity contribution in [2.24, 2.45) is 0 Å². The van der Waals surface area contributed by atoms with Crippen LogP contribution in [0.2, 0.25) is 0 Å². The number of nitrogens with one attached hydrogen (secondary N) is 2. The third kappa shape index (κ3) is 2.79. The molecule has 2 aromatic heterocycles. The van der Waals surface area contributed by atoms with Crippen LogP contribution in [0.25, 0.3) is 33.1 Å². The van der Waals surface area contributed by atoms with Crippen LogP contribution < -0.4 is 10.7 Å². The molecular weight excluding hydrogens is 349 g/mol. The molecule has 0 spiro atoms. The van der Waals surface area contributed by atoms with E-state index in [9.17, 15) is 14.0 Å². The summed E-state index contributed by atoms with van der Waals surface area (Å²) in [5.74, 6) is -1.56. The van der Waals surface area contributed by atoms with Gasteiger partial charge < -0.3 is 15.4 Å². The second kappa shape index (κ2) is 6.21. The van der Waals surface area contributed by atoms with Crippen LogP contribution in [0.3, 0.4) is 0 Å². The quantitative estimate of drug-likeness (QED) is 0.483. The van der Waals surface area contributed by atoms with E-state index in [1.165, 1.54) is 24.3 Å². The van der Waals surface area contributed by atoms with Gasteiger partial charge in [-0.25, -0.2) is 14.2 Å². The van der Waals surface area contributed by atoms with Gasteiger partial charge in [0.1, 0.15) is 11.5 Å². The van der Waals surface area contributed by atoms with Crippen LogP contribution in [0.15, 0.2) is 53.5 Å². The molecule has 2 aromatic carbocycles. The highest BCUT2D eigenvalue weighted by atomic mass is 19.1. The molecule has 0 aliphatic rings. The van der Waals surface area contributed by atoms with Gasteiger partial charge in [0, 0.05) is 18.8 Å². The summed E-state index contributed by atoms with van der Waals surface area (Å²) in [5, 5.41) is 12.5. The molecule has 134 valence electrons. The van der Waals surface area contributed by atoms with Gasteiger partial charge in [-0.2, -0.15) is 0 Å². The normalized spacial score (nSPS) is 11.0. The largest absolute Gasteiger partial charge is 0.478 e. The lowest BCUT2D eigenvalue weighted by Gasteiger charge is -2.09. The minimum atomic E-state index is -1.04. The van der Waals surface area contributed by atoms with E-state index < -0.39 is 11.8 Å². The highest BCUT2D eigenvalue weighted by molar-refractivity contribution is 5.98. The second-order valence-corrected chi connectivity index (χ2v) is 6.09. The molecule has 0 radical (unpaired) electrons. The van der Waals surface area contributed by atoms with Gasteiger partial charge in [0.05, 0.1) is 27.5 Å². The molecule has 4 rings (SSSR count). The van der Waals surface area contributed by atoms with E-state index >= 15 is 0 Å². The molecule has 7 heteroatoms. The maximum atomic E-state index is 13.9. The van der Waals surface area contributed by atoms with Gasteiger partial charge in [-0.05, 0) is 35.9 Å². The number of hydrogen-bond acceptors (Lipinski definition) is 4. The minimum Gasteiger partial charge on any atom is -0.478 e. The molecule has 6 nitrogen and oxygen atoms in total. The molecule has 0 aliphatic carbocycles. The number of nitrogens with zero attached hydrogens (tertiary/aromatic N) is 1. The van der Waals surface area contributed by atoms with Crippen molar-refractivity contribution < 1.29 is 14.3 Å². The molecule has 0 amide bonds. The number of H-pyrrole nitrogens is 1. The fourth-order valence-electron chi connectivity index (χ4n) is 3.11. The number of pyridine rings is 2. The van der Waals surface area contributed by atoms with E-state index in [-0.39, 0.29) is 16.4 Å². The molecule has 0 unspecified atom stereocenters. The van der Waals surface area contributed by atoms with Gasteiger partial charge in [-0.15, -0.1) is 0 Å². The number of rotatable bonds is 3. The molecular formula is C20H14FN3O3. The number of carboxylic acids is 1. The first-order valence-electron chi connectivity index (χ1n) is 8.14. The van der Waals surface area contributed by atoms with Crippen LogP contribution in [0, 0.1) is 5.82 Å². The number of carbonyl (C=O) groups is 1. The fourth-order valence-corrected chi connectivity index (χ4v) is 3.11. The zero-order valence-electron chi connectivity index (χ0n) is 14.2. The molecule has 0 saturated heterocycles. The molecule has 0 bridgehead atoms. The lowest BCUT2D eigenvalue weighted by molar-refractivity contribution is 0.0697. The van der Waals surface area contributed by atoms with Gasteiger partial charge in [-0.3, -0.25) is 4.79 Å². The number of fused-ring (bicyclic) bond motifs is 2. The Kier molecular flexibility index (Phi) is 3.84. The van der Waals surface area contributed by atoms with E-state index in [4.69, 9.17) is 5.11 Å². The summed E-state index contributed by atoms with van der Waals surface area (Å²) in [6.45, 7) is 0. The zero-order chi connectivity index (χ0) is 19.1. The minimum absolute atomic E-state index is 0.140. The molecule has 0 saturated carbocycles. The van der Waals surface area contributed by atoms with Crippen molar-refractivity contribution in [3.63, 3.8) is 0 Å². The summed E-state index contributed by atoms with van der Waals surface area (Å²) in [7, 11) is 1.64. The third-order valence-corrected chi connectivity index (χ3v) is 4.44. The van der Waals surface area contributed by atoms with Crippen molar-refractivity contribution >= 4 is 33.6 Å². The molecule has 2 heterocycles. The topological polar surface area (TPSA) is 95.1 Å². The summed E-state index contributed by atoms with van der Waals surface area (Å²) in [4.78, 5) is 31.5. The maximum absolute atomic E-state index is 13.9. The molecule has 0 fully saturated rings.